The molecule has 1 aliphatic rings. The number of halogens is 2. The summed E-state index contributed by atoms with van der Waals surface area (Å²) in [5, 5.41) is 32.2. The second kappa shape index (κ2) is 17.0. The fraction of sp³-hybridized carbons (Fsp3) is 0.323. The predicted molar refractivity (Wildman–Crippen MR) is 183 cm³/mol. The van der Waals surface area contributed by atoms with Gasteiger partial charge in [-0.15, -0.1) is 0 Å². The Morgan fingerprint density at radius 3 is 2.26 bits per heavy atom. The third kappa shape index (κ3) is 10.1. The summed E-state index contributed by atoms with van der Waals surface area (Å²) < 4.78 is 18.4. The second-order valence-corrected chi connectivity index (χ2v) is 12.7. The molecule has 46 heavy (non-hydrogen) atoms. The van der Waals surface area contributed by atoms with Gasteiger partial charge in [0.15, 0.2) is 17.2 Å². The molecule has 0 saturated carbocycles. The van der Waals surface area contributed by atoms with Crippen LogP contribution in [0.2, 0.25) is 0 Å². The Balaban J connectivity index is 1.36. The van der Waals surface area contributed by atoms with E-state index in [0.717, 1.165) is 12.7 Å². The van der Waals surface area contributed by atoms with Crippen LogP contribution in [-0.4, -0.2) is 95.1 Å². The molecule has 0 spiro atoms. The summed E-state index contributed by atoms with van der Waals surface area (Å²) in [6.07, 6.45) is 0.399. The van der Waals surface area contributed by atoms with E-state index in [9.17, 15) is 29.7 Å². The molecule has 0 radical (unpaired) electrons. The molecule has 3 aromatic carbocycles. The number of aliphatic hydroxyl groups is 2. The number of amides is 3. The highest BCUT2D eigenvalue weighted by Gasteiger charge is 2.24. The average Bonchev–Trinajstić information content (AvgIpc) is 3.49. The Bertz CT molecular complexity index is 1520. The lowest BCUT2D eigenvalue weighted by molar-refractivity contribution is -0.142. The number of ether oxygens (including phenoxy) is 3. The van der Waals surface area contributed by atoms with Gasteiger partial charge < -0.3 is 50.4 Å². The molecule has 13 nitrogen and oxygen atoms in total. The number of phenols is 1. The predicted octanol–water partition coefficient (Wildman–Crippen LogP) is 1.95. The van der Waals surface area contributed by atoms with Crippen molar-refractivity contribution >= 4 is 62.9 Å². The number of carbonyl (C=O) groups excluding carboxylic acids is 3. The quantitative estimate of drug-likeness (QED) is 0.134. The van der Waals surface area contributed by atoms with Crippen molar-refractivity contribution in [2.45, 2.75) is 19.0 Å². The molecule has 1 heterocycles. The molecule has 1 atom stereocenters. The van der Waals surface area contributed by atoms with Gasteiger partial charge in [0.25, 0.3) is 0 Å². The van der Waals surface area contributed by atoms with Crippen molar-refractivity contribution in [2.24, 2.45) is 5.73 Å². The van der Waals surface area contributed by atoms with Crippen molar-refractivity contribution < 1.29 is 43.9 Å². The van der Waals surface area contributed by atoms with Crippen LogP contribution in [0.15, 0.2) is 54.6 Å². The smallest absolute Gasteiger partial charge is 0.242 e. The number of fused-ring (bicyclic) bond motifs is 1. The second-order valence-electron chi connectivity index (χ2n) is 10.4. The molecule has 3 amide bonds. The number of nitrogens with two attached hydrogens (primary N) is 1. The fourth-order valence-corrected chi connectivity index (χ4v) is 6.76. The van der Waals surface area contributed by atoms with E-state index in [-0.39, 0.29) is 58.5 Å². The third-order valence-electron chi connectivity index (χ3n) is 6.92. The fourth-order valence-electron chi connectivity index (χ4n) is 4.64. The molecule has 0 aliphatic carbocycles. The first-order valence-corrected chi connectivity index (χ1v) is 16.3. The number of aromatic hydroxyl groups is 1. The summed E-state index contributed by atoms with van der Waals surface area (Å²) in [5.74, 6) is 0.756. The molecule has 0 fully saturated rings. The maximum atomic E-state index is 13.3. The Labute approximate surface area is 292 Å². The monoisotopic (exact) mass is 860 g/mol. The van der Waals surface area contributed by atoms with Gasteiger partial charge in [0.2, 0.25) is 24.5 Å². The zero-order valence-corrected chi connectivity index (χ0v) is 29.0. The number of rotatable bonds is 16. The minimum atomic E-state index is -0.717. The van der Waals surface area contributed by atoms with Crippen LogP contribution in [0.4, 0.5) is 0 Å². The average molecular weight is 860 g/mol. The number of primary amides is 1. The van der Waals surface area contributed by atoms with Crippen LogP contribution < -0.4 is 25.3 Å². The molecule has 0 aromatic heterocycles. The zero-order chi connectivity index (χ0) is 33.2. The minimum Gasteiger partial charge on any atom is -0.508 e. The summed E-state index contributed by atoms with van der Waals surface area (Å²) in [6.45, 7) is -1.56. The molecule has 3 aromatic rings. The standard InChI is InChI=1S/C31H34I2N4O9/c32-24-10-20(11-25(33)31(24)46-23-4-2-22(40)3-5-23)9-21(17-39)35-13-29(42)36(7-8-38)16-30(43)37(15-28(34)41)14-19-1-6-26-27(12-19)45-18-44-26/h1-6,10-12,21,35,38-40H,7-9,13-18H2,(H2,34,41). The van der Waals surface area contributed by atoms with Crippen LogP contribution in [0.25, 0.3) is 0 Å². The van der Waals surface area contributed by atoms with E-state index in [1.807, 2.05) is 12.1 Å². The topological polar surface area (TPSA) is 184 Å². The lowest BCUT2D eigenvalue weighted by atomic mass is 10.1. The van der Waals surface area contributed by atoms with Crippen molar-refractivity contribution in [3.63, 3.8) is 0 Å². The van der Waals surface area contributed by atoms with Gasteiger partial charge in [0.05, 0.1) is 40.0 Å². The molecule has 0 bridgehead atoms. The number of hydrogen-bond acceptors (Lipinski definition) is 10. The first-order chi connectivity index (χ1) is 22.1. The van der Waals surface area contributed by atoms with Gasteiger partial charge in [0.1, 0.15) is 11.5 Å². The van der Waals surface area contributed by atoms with E-state index >= 15 is 0 Å². The number of aliphatic hydroxyl groups excluding tert-OH is 2. The molecule has 4 rings (SSSR count). The van der Waals surface area contributed by atoms with E-state index in [0.29, 0.717) is 35.0 Å². The number of carbonyl (C=O) groups is 3. The summed E-state index contributed by atoms with van der Waals surface area (Å²) in [5.41, 5.74) is 6.98. The highest BCUT2D eigenvalue weighted by molar-refractivity contribution is 14.1. The number of hydrogen-bond donors (Lipinski definition) is 5. The summed E-state index contributed by atoms with van der Waals surface area (Å²) in [4.78, 5) is 40.6. The Hall–Kier alpha value is -3.39. The van der Waals surface area contributed by atoms with Crippen molar-refractivity contribution in [2.75, 3.05) is 46.2 Å². The maximum Gasteiger partial charge on any atom is 0.242 e. The van der Waals surface area contributed by atoms with Gasteiger partial charge in [0, 0.05) is 19.1 Å². The lowest BCUT2D eigenvalue weighted by Crippen LogP contribution is -2.49. The molecule has 1 unspecified atom stereocenters. The van der Waals surface area contributed by atoms with Gasteiger partial charge in [-0.2, -0.15) is 0 Å². The Morgan fingerprint density at radius 1 is 0.913 bits per heavy atom. The number of nitrogens with one attached hydrogen (secondary N) is 1. The van der Waals surface area contributed by atoms with E-state index in [4.69, 9.17) is 19.9 Å². The van der Waals surface area contributed by atoms with Crippen molar-refractivity contribution in [1.82, 2.24) is 15.1 Å². The molecule has 15 heteroatoms. The Morgan fingerprint density at radius 2 is 1.61 bits per heavy atom. The van der Waals surface area contributed by atoms with Gasteiger partial charge in [-0.25, -0.2) is 0 Å². The van der Waals surface area contributed by atoms with E-state index in [1.165, 1.54) is 21.9 Å². The van der Waals surface area contributed by atoms with E-state index in [2.05, 4.69) is 50.5 Å². The first-order valence-electron chi connectivity index (χ1n) is 14.2. The number of nitrogens with zero attached hydrogens (tertiary/aromatic N) is 2. The molecular weight excluding hydrogens is 826 g/mol. The van der Waals surface area contributed by atoms with Crippen molar-refractivity contribution in [3.05, 3.63) is 72.9 Å². The molecule has 6 N–H and O–H groups in total. The normalized spacial score (nSPS) is 12.4. The maximum absolute atomic E-state index is 13.3. The van der Waals surface area contributed by atoms with Gasteiger partial charge >= 0.3 is 0 Å². The van der Waals surface area contributed by atoms with E-state index in [1.54, 1.807) is 30.3 Å². The zero-order valence-electron chi connectivity index (χ0n) is 24.7. The highest BCUT2D eigenvalue weighted by Crippen LogP contribution is 2.34. The van der Waals surface area contributed by atoms with Gasteiger partial charge in [-0.3, -0.25) is 14.4 Å². The van der Waals surface area contributed by atoms with Crippen molar-refractivity contribution in [3.8, 4) is 28.7 Å². The SMILES string of the molecule is NC(=O)CN(Cc1ccc2c(c1)OCO2)C(=O)CN(CCO)C(=O)CNC(CO)Cc1cc(I)c(Oc2ccc(O)cc2)c(I)c1. The summed E-state index contributed by atoms with van der Waals surface area (Å²) in [7, 11) is 0. The molecular formula is C31H34I2N4O9. The van der Waals surface area contributed by atoms with Crippen LogP contribution in [0.5, 0.6) is 28.7 Å². The number of benzene rings is 3. The number of phenolic OH excluding ortho intramolecular Hbond substituents is 1. The lowest BCUT2D eigenvalue weighted by Gasteiger charge is -2.27. The molecule has 246 valence electrons. The largest absolute Gasteiger partial charge is 0.508 e. The summed E-state index contributed by atoms with van der Waals surface area (Å²) in [6, 6.07) is 14.9. The van der Waals surface area contributed by atoms with Gasteiger partial charge in [-0.1, -0.05) is 6.07 Å². The van der Waals surface area contributed by atoms with Crippen LogP contribution in [0.3, 0.4) is 0 Å². The minimum absolute atomic E-state index is 0.0424. The Kier molecular flexibility index (Phi) is 13.1. The van der Waals surface area contributed by atoms with Crippen LogP contribution >= 0.6 is 45.2 Å². The van der Waals surface area contributed by atoms with Gasteiger partial charge in [-0.05, 0) is 111 Å². The summed E-state index contributed by atoms with van der Waals surface area (Å²) >= 11 is 4.34. The highest BCUT2D eigenvalue weighted by atomic mass is 127. The third-order valence-corrected chi connectivity index (χ3v) is 8.52. The van der Waals surface area contributed by atoms with Crippen LogP contribution in [0.1, 0.15) is 11.1 Å². The first kappa shape index (κ1) is 35.5. The van der Waals surface area contributed by atoms with Crippen LogP contribution in [-0.2, 0) is 27.3 Å². The van der Waals surface area contributed by atoms with Crippen LogP contribution in [0, 0.1) is 7.14 Å². The van der Waals surface area contributed by atoms with Crippen molar-refractivity contribution in [1.29, 1.82) is 0 Å². The molecule has 1 aliphatic heterocycles. The molecule has 0 saturated heterocycles. The van der Waals surface area contributed by atoms with E-state index < -0.39 is 23.8 Å².